The number of carbonyl (C=O) groups excluding carboxylic acids is 2. The van der Waals surface area contributed by atoms with Gasteiger partial charge in [0.05, 0.1) is 6.42 Å². The molecule has 3 N–H and O–H groups in total. The van der Waals surface area contributed by atoms with E-state index < -0.39 is 17.5 Å². The predicted octanol–water partition coefficient (Wildman–Crippen LogP) is 5.09. The predicted molar refractivity (Wildman–Crippen MR) is 135 cm³/mol. The minimum Gasteiger partial charge on any atom is -0.481 e. The van der Waals surface area contributed by atoms with E-state index in [1.165, 1.54) is 11.1 Å². The van der Waals surface area contributed by atoms with Gasteiger partial charge in [0.15, 0.2) is 0 Å². The first-order chi connectivity index (χ1) is 16.7. The van der Waals surface area contributed by atoms with E-state index >= 15 is 0 Å². The molecule has 0 radical (unpaired) electrons. The summed E-state index contributed by atoms with van der Waals surface area (Å²) in [4.78, 5) is 36.2. The first-order valence-corrected chi connectivity index (χ1v) is 12.3. The Labute approximate surface area is 207 Å². The average molecular weight is 481 g/mol. The smallest absolute Gasteiger partial charge is 0.407 e. The van der Waals surface area contributed by atoms with Gasteiger partial charge in [-0.15, -0.1) is 0 Å². The summed E-state index contributed by atoms with van der Waals surface area (Å²) in [6, 6.07) is 16.0. The second kappa shape index (κ2) is 11.9. The van der Waals surface area contributed by atoms with Crippen LogP contribution < -0.4 is 10.6 Å². The quantitative estimate of drug-likeness (QED) is 0.392. The van der Waals surface area contributed by atoms with Crippen molar-refractivity contribution in [3.8, 4) is 11.1 Å². The minimum atomic E-state index is -0.901. The van der Waals surface area contributed by atoms with Crippen LogP contribution in [0.1, 0.15) is 69.9 Å². The number of aliphatic carboxylic acids is 1. The van der Waals surface area contributed by atoms with E-state index in [1.807, 2.05) is 24.3 Å². The van der Waals surface area contributed by atoms with Gasteiger partial charge in [0.1, 0.15) is 6.61 Å². The summed E-state index contributed by atoms with van der Waals surface area (Å²) in [6.07, 6.45) is 2.01. The number of benzene rings is 2. The number of hydrogen-bond acceptors (Lipinski definition) is 4. The highest BCUT2D eigenvalue weighted by Crippen LogP contribution is 2.44. The molecular formula is C28H36N2O5. The molecule has 2 aromatic rings. The van der Waals surface area contributed by atoms with Crippen molar-refractivity contribution in [2.75, 3.05) is 13.2 Å². The van der Waals surface area contributed by atoms with Crippen molar-refractivity contribution in [1.82, 2.24) is 10.6 Å². The second-order valence-corrected chi connectivity index (χ2v) is 10.0. The van der Waals surface area contributed by atoms with Crippen molar-refractivity contribution >= 4 is 18.0 Å². The van der Waals surface area contributed by atoms with Crippen LogP contribution in [0.2, 0.25) is 0 Å². The Balaban J connectivity index is 1.56. The number of amides is 2. The summed E-state index contributed by atoms with van der Waals surface area (Å²) in [5.74, 6) is -1.15. The maximum absolute atomic E-state index is 12.7. The lowest BCUT2D eigenvalue weighted by Crippen LogP contribution is -2.42. The van der Waals surface area contributed by atoms with Crippen LogP contribution in [0.3, 0.4) is 0 Å². The van der Waals surface area contributed by atoms with Crippen molar-refractivity contribution in [2.24, 2.45) is 5.41 Å². The molecule has 1 aliphatic rings. The molecule has 7 nitrogen and oxygen atoms in total. The Kier molecular flexibility index (Phi) is 8.90. The van der Waals surface area contributed by atoms with E-state index in [9.17, 15) is 14.4 Å². The van der Waals surface area contributed by atoms with E-state index in [1.54, 1.807) is 13.8 Å². The fraction of sp³-hybridized carbons (Fsp3) is 0.464. The average Bonchev–Trinajstić information content (AvgIpc) is 3.13. The van der Waals surface area contributed by atoms with Crippen LogP contribution in [0.25, 0.3) is 11.1 Å². The molecule has 0 aromatic heterocycles. The molecule has 0 fully saturated rings. The summed E-state index contributed by atoms with van der Waals surface area (Å²) >= 11 is 0. The van der Waals surface area contributed by atoms with Gasteiger partial charge >= 0.3 is 12.1 Å². The number of carboxylic acids is 1. The van der Waals surface area contributed by atoms with Gasteiger partial charge in [-0.25, -0.2) is 4.79 Å². The van der Waals surface area contributed by atoms with Gasteiger partial charge in [-0.1, -0.05) is 82.1 Å². The van der Waals surface area contributed by atoms with Crippen LogP contribution in [0.5, 0.6) is 0 Å². The number of carbonyl (C=O) groups is 3. The second-order valence-electron chi connectivity index (χ2n) is 10.0. The maximum atomic E-state index is 12.7. The minimum absolute atomic E-state index is 0.0259. The Bertz CT molecular complexity index is 1000. The molecule has 0 saturated carbocycles. The van der Waals surface area contributed by atoms with Crippen LogP contribution in [0.4, 0.5) is 4.79 Å². The summed E-state index contributed by atoms with van der Waals surface area (Å²) in [6.45, 7) is 6.12. The number of fused-ring (bicyclic) bond motifs is 3. The van der Waals surface area contributed by atoms with Gasteiger partial charge in [0.2, 0.25) is 5.91 Å². The zero-order valence-corrected chi connectivity index (χ0v) is 20.8. The highest BCUT2D eigenvalue weighted by atomic mass is 16.5. The zero-order chi connectivity index (χ0) is 25.4. The van der Waals surface area contributed by atoms with E-state index in [2.05, 4.69) is 41.8 Å². The fourth-order valence-corrected chi connectivity index (χ4v) is 4.59. The first kappa shape index (κ1) is 26.3. The molecular weight excluding hydrogens is 444 g/mol. The molecule has 0 aliphatic heterocycles. The summed E-state index contributed by atoms with van der Waals surface area (Å²) < 4.78 is 5.64. The summed E-state index contributed by atoms with van der Waals surface area (Å²) in [7, 11) is 0. The normalized spacial score (nSPS) is 13.5. The monoisotopic (exact) mass is 480 g/mol. The third-order valence-electron chi connectivity index (χ3n) is 6.40. The summed E-state index contributed by atoms with van der Waals surface area (Å²) in [5.41, 5.74) is 4.07. The van der Waals surface area contributed by atoms with E-state index in [-0.39, 0.29) is 43.9 Å². The Morgan fingerprint density at radius 2 is 1.63 bits per heavy atom. The van der Waals surface area contributed by atoms with Gasteiger partial charge < -0.3 is 20.5 Å². The molecule has 7 heteroatoms. The molecule has 2 amide bonds. The van der Waals surface area contributed by atoms with Crippen LogP contribution in [-0.2, 0) is 14.3 Å². The Morgan fingerprint density at radius 1 is 1.03 bits per heavy atom. The van der Waals surface area contributed by atoms with Gasteiger partial charge in [-0.05, 0) is 34.1 Å². The van der Waals surface area contributed by atoms with Crippen LogP contribution in [0, 0.1) is 5.41 Å². The third kappa shape index (κ3) is 7.31. The van der Waals surface area contributed by atoms with Gasteiger partial charge in [-0.3, -0.25) is 9.59 Å². The molecule has 2 aromatic carbocycles. The molecule has 0 spiro atoms. The molecule has 1 aliphatic carbocycles. The lowest BCUT2D eigenvalue weighted by atomic mass is 9.89. The summed E-state index contributed by atoms with van der Waals surface area (Å²) in [5, 5.41) is 14.7. The van der Waals surface area contributed by atoms with Crippen LogP contribution >= 0.6 is 0 Å². The maximum Gasteiger partial charge on any atom is 0.407 e. The van der Waals surface area contributed by atoms with Gasteiger partial charge in [-0.2, -0.15) is 0 Å². The molecule has 1 unspecified atom stereocenters. The lowest BCUT2D eigenvalue weighted by molar-refractivity contribution is -0.139. The Morgan fingerprint density at radius 3 is 2.20 bits per heavy atom. The first-order valence-electron chi connectivity index (χ1n) is 12.3. The SMILES string of the molecule is CCCCC(CC(=O)NCC(C)(C)CC(=O)O)NC(=O)OCC1c2ccccc2-c2ccccc21. The van der Waals surface area contributed by atoms with Crippen molar-refractivity contribution in [3.05, 3.63) is 59.7 Å². The standard InChI is InChI=1S/C28H36N2O5/c1-4-5-10-19(15-25(31)29-18-28(2,3)16-26(32)33)30-27(34)35-17-24-22-13-8-6-11-20(22)21-12-7-9-14-23(21)24/h6-9,11-14,19,24H,4-5,10,15-18H2,1-3H3,(H,29,31)(H,30,34)(H,32,33). The van der Waals surface area contributed by atoms with E-state index in [0.717, 1.165) is 24.0 Å². The van der Waals surface area contributed by atoms with Crippen molar-refractivity contribution < 1.29 is 24.2 Å². The molecule has 1 atom stereocenters. The number of carboxylic acid groups (broad SMARTS) is 1. The fourth-order valence-electron chi connectivity index (χ4n) is 4.59. The molecule has 0 saturated heterocycles. The number of ether oxygens (including phenoxy) is 1. The number of rotatable bonds is 12. The third-order valence-corrected chi connectivity index (χ3v) is 6.40. The van der Waals surface area contributed by atoms with Gasteiger partial charge in [0.25, 0.3) is 0 Å². The Hall–Kier alpha value is -3.35. The molecule has 188 valence electrons. The molecule has 35 heavy (non-hydrogen) atoms. The van der Waals surface area contributed by atoms with Crippen molar-refractivity contribution in [2.45, 2.75) is 64.8 Å². The van der Waals surface area contributed by atoms with Gasteiger partial charge in [0, 0.05) is 24.9 Å². The molecule has 0 heterocycles. The number of nitrogens with one attached hydrogen (secondary N) is 2. The molecule has 3 rings (SSSR count). The molecule has 0 bridgehead atoms. The zero-order valence-electron chi connectivity index (χ0n) is 20.8. The number of hydrogen-bond donors (Lipinski definition) is 3. The van der Waals surface area contributed by atoms with Crippen LogP contribution in [0.15, 0.2) is 48.5 Å². The number of alkyl carbamates (subject to hydrolysis) is 1. The van der Waals surface area contributed by atoms with E-state index in [0.29, 0.717) is 6.42 Å². The van der Waals surface area contributed by atoms with Crippen molar-refractivity contribution in [3.63, 3.8) is 0 Å². The number of unbranched alkanes of at least 4 members (excludes halogenated alkanes) is 1. The van der Waals surface area contributed by atoms with Crippen molar-refractivity contribution in [1.29, 1.82) is 0 Å². The lowest BCUT2D eigenvalue weighted by Gasteiger charge is -2.24. The largest absolute Gasteiger partial charge is 0.481 e. The highest BCUT2D eigenvalue weighted by molar-refractivity contribution is 5.79. The van der Waals surface area contributed by atoms with E-state index in [4.69, 9.17) is 9.84 Å². The highest BCUT2D eigenvalue weighted by Gasteiger charge is 2.29. The van der Waals surface area contributed by atoms with Crippen LogP contribution in [-0.4, -0.2) is 42.3 Å². The topological polar surface area (TPSA) is 105 Å².